The molecule has 2 aromatic carbocycles. The topological polar surface area (TPSA) is 92.5 Å². The van der Waals surface area contributed by atoms with Crippen LogP contribution in [0.3, 0.4) is 0 Å². The van der Waals surface area contributed by atoms with Gasteiger partial charge in [-0.1, -0.05) is 12.1 Å². The number of ether oxygens (including phenoxy) is 3. The maximum Gasteiger partial charge on any atom is 0.278 e. The van der Waals surface area contributed by atoms with Gasteiger partial charge in [-0.15, -0.1) is 0 Å². The zero-order valence-corrected chi connectivity index (χ0v) is 18.3. The molecule has 0 aliphatic rings. The molecule has 0 unspecified atom stereocenters. The number of benzene rings is 2. The van der Waals surface area contributed by atoms with Gasteiger partial charge in [0.2, 0.25) is 5.75 Å². The molecule has 0 atom stereocenters. The third-order valence-electron chi connectivity index (χ3n) is 5.05. The lowest BCUT2D eigenvalue weighted by Crippen LogP contribution is -2.12. The average molecular weight is 443 g/mol. The van der Waals surface area contributed by atoms with Crippen LogP contribution >= 0.6 is 0 Å². The summed E-state index contributed by atoms with van der Waals surface area (Å²) in [6.45, 7) is 0. The quantitative estimate of drug-likeness (QED) is 0.314. The molecular weight excluding hydrogens is 422 g/mol. The minimum Gasteiger partial charge on any atom is -0.493 e. The van der Waals surface area contributed by atoms with E-state index in [1.54, 1.807) is 76.1 Å². The normalized spacial score (nSPS) is 11.0. The van der Waals surface area contributed by atoms with E-state index >= 15 is 0 Å². The Morgan fingerprint density at radius 1 is 0.909 bits per heavy atom. The Bertz CT molecular complexity index is 1340. The molecule has 0 N–H and O–H groups in total. The van der Waals surface area contributed by atoms with Crippen LogP contribution in [0.15, 0.2) is 67.0 Å². The fourth-order valence-electron chi connectivity index (χ4n) is 3.41. The fraction of sp³-hybridized carbons (Fsp3) is 0.120. The van der Waals surface area contributed by atoms with Crippen molar-refractivity contribution in [1.29, 1.82) is 0 Å². The van der Waals surface area contributed by atoms with Crippen LogP contribution in [0.5, 0.6) is 17.2 Å². The van der Waals surface area contributed by atoms with Crippen LogP contribution < -0.4 is 14.2 Å². The number of carbonyl (C=O) groups is 2. The van der Waals surface area contributed by atoms with E-state index in [9.17, 15) is 9.59 Å². The smallest absolute Gasteiger partial charge is 0.278 e. The van der Waals surface area contributed by atoms with Crippen LogP contribution in [-0.2, 0) is 0 Å². The van der Waals surface area contributed by atoms with Crippen molar-refractivity contribution in [2.45, 2.75) is 0 Å². The summed E-state index contributed by atoms with van der Waals surface area (Å²) in [6.07, 6.45) is 6.18. The number of rotatable bonds is 7. The van der Waals surface area contributed by atoms with Crippen molar-refractivity contribution in [3.8, 4) is 17.2 Å². The number of fused-ring (bicyclic) bond motifs is 1. The van der Waals surface area contributed by atoms with Gasteiger partial charge in [-0.2, -0.15) is 5.10 Å². The van der Waals surface area contributed by atoms with E-state index in [1.165, 1.54) is 17.0 Å². The van der Waals surface area contributed by atoms with Gasteiger partial charge in [0.05, 0.1) is 32.5 Å². The van der Waals surface area contributed by atoms with E-state index in [2.05, 4.69) is 10.1 Å². The monoisotopic (exact) mass is 443 g/mol. The molecule has 0 fully saturated rings. The zero-order chi connectivity index (χ0) is 23.4. The van der Waals surface area contributed by atoms with Crippen LogP contribution in [0.1, 0.15) is 26.4 Å². The number of carbonyl (C=O) groups excluding carboxylic acids is 2. The van der Waals surface area contributed by atoms with Crippen molar-refractivity contribution in [1.82, 2.24) is 14.8 Å². The highest BCUT2D eigenvalue weighted by Gasteiger charge is 2.16. The molecule has 0 radical (unpaired) electrons. The van der Waals surface area contributed by atoms with Crippen molar-refractivity contribution >= 4 is 28.7 Å². The lowest BCUT2D eigenvalue weighted by molar-refractivity contribution is 0.0944. The minimum absolute atomic E-state index is 0.208. The molecule has 4 rings (SSSR count). The lowest BCUT2D eigenvalue weighted by atomic mass is 10.1. The second-order valence-electron chi connectivity index (χ2n) is 6.98. The van der Waals surface area contributed by atoms with Gasteiger partial charge in [0, 0.05) is 35.0 Å². The second kappa shape index (κ2) is 9.35. The highest BCUT2D eigenvalue weighted by Crippen LogP contribution is 2.42. The molecule has 8 heteroatoms. The van der Waals surface area contributed by atoms with Crippen molar-refractivity contribution < 1.29 is 23.8 Å². The van der Waals surface area contributed by atoms with Crippen LogP contribution in [0.2, 0.25) is 0 Å². The number of pyridine rings is 1. The summed E-state index contributed by atoms with van der Waals surface area (Å²) in [7, 11) is 4.64. The molecule has 33 heavy (non-hydrogen) atoms. The van der Waals surface area contributed by atoms with Gasteiger partial charge >= 0.3 is 0 Å². The molecule has 4 aromatic rings. The molecule has 166 valence electrons. The Labute approximate surface area is 190 Å². The SMILES string of the molecule is COc1cc2nc(/C=C/C(=O)c3ccc(C(=O)n4cccn4)cc3)ccc2c(OC)c1OC. The van der Waals surface area contributed by atoms with Crippen molar-refractivity contribution in [3.05, 3.63) is 83.8 Å². The third kappa shape index (κ3) is 4.31. The molecule has 0 spiro atoms. The molecule has 0 bridgehead atoms. The van der Waals surface area contributed by atoms with Crippen molar-refractivity contribution in [2.75, 3.05) is 21.3 Å². The number of ketones is 1. The van der Waals surface area contributed by atoms with Gasteiger partial charge in [0.1, 0.15) is 0 Å². The Kier molecular flexibility index (Phi) is 6.17. The van der Waals surface area contributed by atoms with Crippen LogP contribution in [0.25, 0.3) is 17.0 Å². The number of methoxy groups -OCH3 is 3. The highest BCUT2D eigenvalue weighted by atomic mass is 16.5. The summed E-state index contributed by atoms with van der Waals surface area (Å²) in [4.78, 5) is 29.5. The van der Waals surface area contributed by atoms with Crippen LogP contribution in [0.4, 0.5) is 0 Å². The van der Waals surface area contributed by atoms with Gasteiger partial charge in [-0.25, -0.2) is 9.67 Å². The van der Waals surface area contributed by atoms with Crippen LogP contribution in [-0.4, -0.2) is 47.8 Å². The van der Waals surface area contributed by atoms with Gasteiger partial charge in [0.15, 0.2) is 17.3 Å². The predicted molar refractivity (Wildman–Crippen MR) is 123 cm³/mol. The van der Waals surface area contributed by atoms with E-state index < -0.39 is 0 Å². The first-order valence-corrected chi connectivity index (χ1v) is 10.0. The van der Waals surface area contributed by atoms with E-state index in [4.69, 9.17) is 14.2 Å². The number of allylic oxidation sites excluding steroid dienone is 1. The van der Waals surface area contributed by atoms with Gasteiger partial charge in [0.25, 0.3) is 5.91 Å². The molecule has 2 heterocycles. The largest absolute Gasteiger partial charge is 0.493 e. The number of aromatic nitrogens is 3. The van der Waals surface area contributed by atoms with Gasteiger partial charge in [-0.3, -0.25) is 9.59 Å². The summed E-state index contributed by atoms with van der Waals surface area (Å²) < 4.78 is 17.5. The van der Waals surface area contributed by atoms with Crippen molar-refractivity contribution in [3.63, 3.8) is 0 Å². The molecule has 2 aromatic heterocycles. The Hall–Kier alpha value is -4.46. The van der Waals surface area contributed by atoms with Gasteiger partial charge in [-0.05, 0) is 42.5 Å². The molecule has 0 saturated carbocycles. The fourth-order valence-corrected chi connectivity index (χ4v) is 3.41. The number of hydrogen-bond acceptors (Lipinski definition) is 7. The summed E-state index contributed by atoms with van der Waals surface area (Å²) in [5, 5.41) is 4.69. The second-order valence-corrected chi connectivity index (χ2v) is 6.98. The predicted octanol–water partition coefficient (Wildman–Crippen LogP) is 4.04. The third-order valence-corrected chi connectivity index (χ3v) is 5.05. The molecule has 0 saturated heterocycles. The first kappa shape index (κ1) is 21.8. The van der Waals surface area contributed by atoms with E-state index in [0.717, 1.165) is 5.39 Å². The zero-order valence-electron chi connectivity index (χ0n) is 18.3. The molecule has 0 aliphatic heterocycles. The first-order valence-electron chi connectivity index (χ1n) is 10.0. The Balaban J connectivity index is 1.56. The maximum atomic E-state index is 12.6. The van der Waals surface area contributed by atoms with Crippen LogP contribution in [0, 0.1) is 0 Å². The van der Waals surface area contributed by atoms with E-state index in [1.807, 2.05) is 6.07 Å². The van der Waals surface area contributed by atoms with E-state index in [0.29, 0.717) is 39.6 Å². The number of nitrogens with zero attached hydrogens (tertiary/aromatic N) is 3. The molecule has 0 amide bonds. The summed E-state index contributed by atoms with van der Waals surface area (Å²) in [5.74, 6) is 1.03. The Morgan fingerprint density at radius 3 is 2.27 bits per heavy atom. The lowest BCUT2D eigenvalue weighted by Gasteiger charge is -2.14. The summed E-state index contributed by atoms with van der Waals surface area (Å²) >= 11 is 0. The number of hydrogen-bond donors (Lipinski definition) is 0. The average Bonchev–Trinajstić information content (AvgIpc) is 3.40. The van der Waals surface area contributed by atoms with Crippen molar-refractivity contribution in [2.24, 2.45) is 0 Å². The summed E-state index contributed by atoms with van der Waals surface area (Å²) in [5.41, 5.74) is 2.13. The molecule has 0 aliphatic carbocycles. The standard InChI is InChI=1S/C25H21N3O5/c1-31-22-15-20-19(23(32-2)24(22)33-3)11-9-18(27-20)10-12-21(29)16-5-7-17(8-6-16)25(30)28-14-4-13-26-28/h4-15H,1-3H3/b12-10+. The Morgan fingerprint density at radius 2 is 1.64 bits per heavy atom. The minimum atomic E-state index is -0.266. The summed E-state index contributed by atoms with van der Waals surface area (Å²) in [6, 6.07) is 13.5. The maximum absolute atomic E-state index is 12.6. The van der Waals surface area contributed by atoms with E-state index in [-0.39, 0.29) is 11.7 Å². The molecule has 8 nitrogen and oxygen atoms in total. The molecular formula is C25H21N3O5. The first-order chi connectivity index (χ1) is 16.0. The van der Waals surface area contributed by atoms with Gasteiger partial charge < -0.3 is 14.2 Å². The highest BCUT2D eigenvalue weighted by molar-refractivity contribution is 6.07.